The van der Waals surface area contributed by atoms with Gasteiger partial charge in [-0.05, 0) is 83.5 Å². The predicted octanol–water partition coefficient (Wildman–Crippen LogP) is 4.30. The van der Waals surface area contributed by atoms with E-state index in [9.17, 15) is 9.59 Å². The van der Waals surface area contributed by atoms with Crippen molar-refractivity contribution >= 4 is 56.7 Å². The molecule has 2 amide bonds. The molecule has 0 fully saturated rings. The fraction of sp³-hybridized carbons (Fsp3) is 0.286. The molecule has 10 heteroatoms. The molecule has 31 heavy (non-hydrogen) atoms. The van der Waals surface area contributed by atoms with Crippen molar-refractivity contribution in [3.05, 3.63) is 57.0 Å². The van der Waals surface area contributed by atoms with Crippen molar-refractivity contribution in [2.75, 3.05) is 13.2 Å². The molecule has 0 spiro atoms. The molecule has 0 atom stereocenters. The molecule has 2 aromatic rings. The van der Waals surface area contributed by atoms with Gasteiger partial charge in [-0.25, -0.2) is 0 Å². The number of carbonyl (C=O) groups is 2. The number of unbranched alkanes of at least 4 members (excludes halogenated alkanes) is 1. The molecule has 7 nitrogen and oxygen atoms in total. The molecule has 3 N–H and O–H groups in total. The van der Waals surface area contributed by atoms with Crippen LogP contribution in [0.3, 0.4) is 0 Å². The van der Waals surface area contributed by atoms with Gasteiger partial charge in [-0.1, -0.05) is 24.9 Å². The van der Waals surface area contributed by atoms with Crippen molar-refractivity contribution in [3.8, 4) is 11.5 Å². The first-order valence-electron chi connectivity index (χ1n) is 9.51. The fourth-order valence-electron chi connectivity index (χ4n) is 2.37. The van der Waals surface area contributed by atoms with Crippen LogP contribution in [0.25, 0.3) is 0 Å². The third-order valence-electron chi connectivity index (χ3n) is 3.99. The van der Waals surface area contributed by atoms with E-state index in [-0.39, 0.29) is 11.7 Å². The zero-order valence-corrected chi connectivity index (χ0v) is 20.2. The summed E-state index contributed by atoms with van der Waals surface area (Å²) in [7, 11) is 0. The van der Waals surface area contributed by atoms with Gasteiger partial charge in [0.05, 0.1) is 11.1 Å². The molecule has 0 saturated carbocycles. The van der Waals surface area contributed by atoms with Crippen LogP contribution in [-0.2, 0) is 4.79 Å². The minimum atomic E-state index is -0.470. The standard InChI is InChI=1S/C21H23BrClN3O4S/c1-3-4-9-29-18-7-5-14(11-16(18)22)20(28)24-21(31)26-25-19(27)12-30-17-8-6-15(23)10-13(17)2/h5-8,10-11H,3-4,9,12H2,1-2H3,(H,25,27)(H2,24,26,28,31). The third kappa shape index (κ3) is 8.35. The zero-order valence-electron chi connectivity index (χ0n) is 17.1. The molecule has 2 aromatic carbocycles. The third-order valence-corrected chi connectivity index (χ3v) is 5.05. The summed E-state index contributed by atoms with van der Waals surface area (Å²) in [5.74, 6) is 0.305. The molecular weight excluding hydrogens is 506 g/mol. The Morgan fingerprint density at radius 3 is 2.52 bits per heavy atom. The number of hydrazine groups is 1. The van der Waals surface area contributed by atoms with Crippen molar-refractivity contribution in [3.63, 3.8) is 0 Å². The summed E-state index contributed by atoms with van der Waals surface area (Å²) < 4.78 is 11.7. The second-order valence-electron chi connectivity index (χ2n) is 6.50. The van der Waals surface area contributed by atoms with Gasteiger partial charge in [0.15, 0.2) is 11.7 Å². The summed E-state index contributed by atoms with van der Waals surface area (Å²) in [5.41, 5.74) is 6.02. The highest BCUT2D eigenvalue weighted by molar-refractivity contribution is 9.10. The Morgan fingerprint density at radius 2 is 1.84 bits per heavy atom. The summed E-state index contributed by atoms with van der Waals surface area (Å²) in [6.07, 6.45) is 1.98. The van der Waals surface area contributed by atoms with Gasteiger partial charge in [-0.15, -0.1) is 0 Å². The van der Waals surface area contributed by atoms with E-state index in [1.807, 2.05) is 6.92 Å². The summed E-state index contributed by atoms with van der Waals surface area (Å²) >= 11 is 14.3. The van der Waals surface area contributed by atoms with Gasteiger partial charge in [0.25, 0.3) is 11.8 Å². The molecule has 0 heterocycles. The van der Waals surface area contributed by atoms with E-state index in [0.29, 0.717) is 33.2 Å². The lowest BCUT2D eigenvalue weighted by Crippen LogP contribution is -2.49. The molecule has 0 radical (unpaired) electrons. The van der Waals surface area contributed by atoms with E-state index < -0.39 is 11.8 Å². The number of amides is 2. The van der Waals surface area contributed by atoms with Crippen LogP contribution in [0, 0.1) is 6.92 Å². The van der Waals surface area contributed by atoms with Gasteiger partial charge in [0.1, 0.15) is 11.5 Å². The minimum absolute atomic E-state index is 0.0552. The lowest BCUT2D eigenvalue weighted by atomic mass is 10.2. The Balaban J connectivity index is 1.77. The molecule has 166 valence electrons. The van der Waals surface area contributed by atoms with Gasteiger partial charge in [0.2, 0.25) is 0 Å². The maximum atomic E-state index is 12.4. The second-order valence-corrected chi connectivity index (χ2v) is 8.20. The highest BCUT2D eigenvalue weighted by Crippen LogP contribution is 2.26. The molecule has 0 aliphatic heterocycles. The van der Waals surface area contributed by atoms with Gasteiger partial charge >= 0.3 is 0 Å². The largest absolute Gasteiger partial charge is 0.492 e. The number of rotatable bonds is 8. The van der Waals surface area contributed by atoms with E-state index in [4.69, 9.17) is 33.3 Å². The highest BCUT2D eigenvalue weighted by atomic mass is 79.9. The maximum Gasteiger partial charge on any atom is 0.276 e. The molecule has 0 aliphatic rings. The Bertz CT molecular complexity index is 958. The molecule has 0 bridgehead atoms. The summed E-state index contributed by atoms with van der Waals surface area (Å²) in [6.45, 7) is 4.27. The van der Waals surface area contributed by atoms with Crippen LogP contribution >= 0.6 is 39.7 Å². The number of hydrogen-bond donors (Lipinski definition) is 3. The topological polar surface area (TPSA) is 88.7 Å². The van der Waals surface area contributed by atoms with Crippen LogP contribution in [0.5, 0.6) is 11.5 Å². The molecule has 0 aromatic heterocycles. The maximum absolute atomic E-state index is 12.4. The number of halogens is 2. The average molecular weight is 529 g/mol. The van der Waals surface area contributed by atoms with Crippen LogP contribution in [0.15, 0.2) is 40.9 Å². The smallest absolute Gasteiger partial charge is 0.276 e. The molecule has 0 saturated heterocycles. The monoisotopic (exact) mass is 527 g/mol. The van der Waals surface area contributed by atoms with Crippen molar-refractivity contribution in [2.24, 2.45) is 0 Å². The number of thiocarbonyl (C=S) groups is 1. The quantitative estimate of drug-likeness (QED) is 0.269. The number of nitrogens with one attached hydrogen (secondary N) is 3. The van der Waals surface area contributed by atoms with Gasteiger partial charge in [-0.3, -0.25) is 25.8 Å². The average Bonchev–Trinajstić information content (AvgIpc) is 2.72. The summed E-state index contributed by atoms with van der Waals surface area (Å²) in [6, 6.07) is 10.1. The van der Waals surface area contributed by atoms with Gasteiger partial charge in [0, 0.05) is 10.6 Å². The van der Waals surface area contributed by atoms with Crippen LogP contribution in [0.4, 0.5) is 0 Å². The molecule has 0 unspecified atom stereocenters. The fourth-order valence-corrected chi connectivity index (χ4v) is 3.24. The Hall–Kier alpha value is -2.36. The lowest BCUT2D eigenvalue weighted by molar-refractivity contribution is -0.123. The lowest BCUT2D eigenvalue weighted by Gasteiger charge is -2.13. The second kappa shape index (κ2) is 12.5. The van der Waals surface area contributed by atoms with Crippen molar-refractivity contribution in [2.45, 2.75) is 26.7 Å². The van der Waals surface area contributed by atoms with Crippen molar-refractivity contribution < 1.29 is 19.1 Å². The number of ether oxygens (including phenoxy) is 2. The van der Waals surface area contributed by atoms with Gasteiger partial charge < -0.3 is 9.47 Å². The SMILES string of the molecule is CCCCOc1ccc(C(=O)NC(=S)NNC(=O)COc2ccc(Cl)cc2C)cc1Br. The van der Waals surface area contributed by atoms with Crippen LogP contribution < -0.4 is 25.6 Å². The number of hydrogen-bond acceptors (Lipinski definition) is 5. The van der Waals surface area contributed by atoms with E-state index in [1.165, 1.54) is 0 Å². The van der Waals surface area contributed by atoms with Crippen LogP contribution in [0.2, 0.25) is 5.02 Å². The zero-order chi connectivity index (χ0) is 22.8. The van der Waals surface area contributed by atoms with Crippen molar-refractivity contribution in [1.82, 2.24) is 16.2 Å². The van der Waals surface area contributed by atoms with E-state index in [1.54, 1.807) is 36.4 Å². The molecular formula is C21H23BrClN3O4S. The minimum Gasteiger partial charge on any atom is -0.492 e. The van der Waals surface area contributed by atoms with Gasteiger partial charge in [-0.2, -0.15) is 0 Å². The highest BCUT2D eigenvalue weighted by Gasteiger charge is 2.12. The first kappa shape index (κ1) is 24.9. The summed E-state index contributed by atoms with van der Waals surface area (Å²) in [4.78, 5) is 24.3. The summed E-state index contributed by atoms with van der Waals surface area (Å²) in [5, 5.41) is 3.02. The Labute approximate surface area is 199 Å². The normalized spacial score (nSPS) is 10.2. The van der Waals surface area contributed by atoms with Crippen LogP contribution in [0.1, 0.15) is 35.7 Å². The van der Waals surface area contributed by atoms with E-state index in [2.05, 4.69) is 39.0 Å². The Morgan fingerprint density at radius 1 is 1.10 bits per heavy atom. The number of carbonyl (C=O) groups excluding carboxylic acids is 2. The number of benzene rings is 2. The van der Waals surface area contributed by atoms with E-state index in [0.717, 1.165) is 18.4 Å². The predicted molar refractivity (Wildman–Crippen MR) is 128 cm³/mol. The van der Waals surface area contributed by atoms with Crippen LogP contribution in [-0.4, -0.2) is 30.1 Å². The Kier molecular flexibility index (Phi) is 10.0. The molecule has 2 rings (SSSR count). The first-order valence-corrected chi connectivity index (χ1v) is 11.1. The van der Waals surface area contributed by atoms with E-state index >= 15 is 0 Å². The molecule has 0 aliphatic carbocycles. The van der Waals surface area contributed by atoms with Crippen molar-refractivity contribution in [1.29, 1.82) is 0 Å². The first-order chi connectivity index (χ1) is 14.8. The number of aryl methyl sites for hydroxylation is 1.